The van der Waals surface area contributed by atoms with E-state index in [1.54, 1.807) is 19.5 Å². The Balaban J connectivity index is 1.69. The first kappa shape index (κ1) is 17.5. The van der Waals surface area contributed by atoms with Crippen LogP contribution in [0.5, 0.6) is 0 Å². The first-order valence-electron chi connectivity index (χ1n) is 8.77. The zero-order valence-corrected chi connectivity index (χ0v) is 14.8. The van der Waals surface area contributed by atoms with Crippen LogP contribution in [0.4, 0.5) is 4.79 Å². The summed E-state index contributed by atoms with van der Waals surface area (Å²) < 4.78 is 11.0. The predicted octanol–water partition coefficient (Wildman–Crippen LogP) is 3.82. The Morgan fingerprint density at radius 3 is 2.92 bits per heavy atom. The highest BCUT2D eigenvalue weighted by molar-refractivity contribution is 5.75. The van der Waals surface area contributed by atoms with E-state index in [0.29, 0.717) is 6.61 Å². The van der Waals surface area contributed by atoms with Crippen molar-refractivity contribution in [1.82, 2.24) is 15.2 Å². The molecule has 2 aromatic rings. The Morgan fingerprint density at radius 2 is 2.20 bits per heavy atom. The zero-order chi connectivity index (χ0) is 17.6. The van der Waals surface area contributed by atoms with Gasteiger partial charge in [0.05, 0.1) is 12.1 Å². The Hall–Kier alpha value is -2.34. The number of nitrogens with zero attached hydrogens (tertiary/aromatic N) is 2. The number of furan rings is 1. The standard InChI is InChI=1S/C19H25N3O3/c1-3-16(14-8-10-20-11-9-14)21-19(23)22-12-4-5-17(22)18-7-6-15(25-18)13-24-2/h6-11,16-17H,3-5,12-13H2,1-2H3,(H,21,23)/t16-,17-/m0/s1. The predicted molar refractivity (Wildman–Crippen MR) is 93.9 cm³/mol. The maximum absolute atomic E-state index is 12.8. The fraction of sp³-hybridized carbons (Fsp3) is 0.474. The molecule has 3 heterocycles. The molecule has 1 fully saturated rings. The van der Waals surface area contributed by atoms with Gasteiger partial charge in [0.2, 0.25) is 0 Å². The van der Waals surface area contributed by atoms with Crippen LogP contribution in [0.15, 0.2) is 41.1 Å². The summed E-state index contributed by atoms with van der Waals surface area (Å²) in [6.45, 7) is 3.25. The molecule has 2 amide bonds. The van der Waals surface area contributed by atoms with E-state index in [9.17, 15) is 4.79 Å². The molecule has 134 valence electrons. The first-order chi connectivity index (χ1) is 12.2. The van der Waals surface area contributed by atoms with Gasteiger partial charge in [0.1, 0.15) is 18.1 Å². The van der Waals surface area contributed by atoms with Crippen molar-refractivity contribution in [2.24, 2.45) is 0 Å². The topological polar surface area (TPSA) is 67.6 Å². The fourth-order valence-electron chi connectivity index (χ4n) is 3.35. The maximum Gasteiger partial charge on any atom is 0.318 e. The lowest BCUT2D eigenvalue weighted by Gasteiger charge is -2.26. The van der Waals surface area contributed by atoms with Crippen molar-refractivity contribution in [3.63, 3.8) is 0 Å². The highest BCUT2D eigenvalue weighted by Gasteiger charge is 2.33. The second-order valence-corrected chi connectivity index (χ2v) is 6.28. The number of carbonyl (C=O) groups excluding carboxylic acids is 1. The van der Waals surface area contributed by atoms with Gasteiger partial charge in [-0.25, -0.2) is 4.79 Å². The number of amides is 2. The van der Waals surface area contributed by atoms with E-state index in [1.165, 1.54) is 0 Å². The molecular formula is C19H25N3O3. The molecule has 0 bridgehead atoms. The molecule has 3 rings (SSSR count). The Bertz CT molecular complexity index is 686. The van der Waals surface area contributed by atoms with Gasteiger partial charge in [-0.15, -0.1) is 0 Å². The first-order valence-corrected chi connectivity index (χ1v) is 8.77. The Morgan fingerprint density at radius 1 is 1.40 bits per heavy atom. The van der Waals surface area contributed by atoms with Gasteiger partial charge in [0.25, 0.3) is 0 Å². The number of aromatic nitrogens is 1. The smallest absolute Gasteiger partial charge is 0.318 e. The van der Waals surface area contributed by atoms with E-state index in [0.717, 1.165) is 42.9 Å². The number of hydrogen-bond donors (Lipinski definition) is 1. The fourth-order valence-corrected chi connectivity index (χ4v) is 3.35. The molecule has 6 heteroatoms. The second-order valence-electron chi connectivity index (χ2n) is 6.28. The third-order valence-electron chi connectivity index (χ3n) is 4.63. The van der Waals surface area contributed by atoms with Crippen LogP contribution >= 0.6 is 0 Å². The van der Waals surface area contributed by atoms with E-state index >= 15 is 0 Å². The molecule has 6 nitrogen and oxygen atoms in total. The van der Waals surface area contributed by atoms with Crippen molar-refractivity contribution in [1.29, 1.82) is 0 Å². The highest BCUT2D eigenvalue weighted by atomic mass is 16.5. The molecule has 0 radical (unpaired) electrons. The average Bonchev–Trinajstić information content (AvgIpc) is 3.29. The summed E-state index contributed by atoms with van der Waals surface area (Å²) in [6, 6.07) is 7.68. The van der Waals surface area contributed by atoms with Crippen LogP contribution in [0.1, 0.15) is 55.4 Å². The van der Waals surface area contributed by atoms with Crippen molar-refractivity contribution >= 4 is 6.03 Å². The lowest BCUT2D eigenvalue weighted by molar-refractivity contribution is 0.155. The molecule has 1 saturated heterocycles. The van der Waals surface area contributed by atoms with Gasteiger partial charge in [-0.2, -0.15) is 0 Å². The zero-order valence-electron chi connectivity index (χ0n) is 14.8. The number of nitrogens with one attached hydrogen (secondary N) is 1. The number of pyridine rings is 1. The molecule has 1 aliphatic rings. The normalized spacial score (nSPS) is 18.3. The number of likely N-dealkylation sites (tertiary alicyclic amines) is 1. The minimum atomic E-state index is -0.0455. The van der Waals surface area contributed by atoms with Gasteiger partial charge in [-0.3, -0.25) is 4.98 Å². The van der Waals surface area contributed by atoms with E-state index < -0.39 is 0 Å². The average molecular weight is 343 g/mol. The molecule has 25 heavy (non-hydrogen) atoms. The van der Waals surface area contributed by atoms with Gasteiger partial charge < -0.3 is 19.4 Å². The summed E-state index contributed by atoms with van der Waals surface area (Å²) in [5.41, 5.74) is 1.07. The van der Waals surface area contributed by atoms with Crippen LogP contribution in [0.2, 0.25) is 0 Å². The summed E-state index contributed by atoms with van der Waals surface area (Å²) in [4.78, 5) is 18.8. The summed E-state index contributed by atoms with van der Waals surface area (Å²) in [6.07, 6.45) is 6.23. The van der Waals surface area contributed by atoms with E-state index in [-0.39, 0.29) is 18.1 Å². The van der Waals surface area contributed by atoms with Crippen LogP contribution in [0.25, 0.3) is 0 Å². The summed E-state index contributed by atoms with van der Waals surface area (Å²) in [7, 11) is 1.64. The quantitative estimate of drug-likeness (QED) is 0.866. The molecule has 0 unspecified atom stereocenters. The van der Waals surface area contributed by atoms with Crippen molar-refractivity contribution in [2.75, 3.05) is 13.7 Å². The monoisotopic (exact) mass is 343 g/mol. The number of carbonyl (C=O) groups is 1. The van der Waals surface area contributed by atoms with Crippen LogP contribution in [-0.2, 0) is 11.3 Å². The minimum Gasteiger partial charge on any atom is -0.461 e. The van der Waals surface area contributed by atoms with Gasteiger partial charge in [-0.05, 0) is 49.1 Å². The van der Waals surface area contributed by atoms with Crippen LogP contribution in [-0.4, -0.2) is 29.6 Å². The van der Waals surface area contributed by atoms with Gasteiger partial charge in [-0.1, -0.05) is 6.92 Å². The maximum atomic E-state index is 12.8. The summed E-state index contributed by atoms with van der Waals surface area (Å²) in [5, 5.41) is 3.15. The SMILES string of the molecule is CC[C@H](NC(=O)N1CCC[C@H]1c1ccc(COC)o1)c1ccncc1. The van der Waals surface area contributed by atoms with E-state index in [2.05, 4.69) is 17.2 Å². The molecule has 0 spiro atoms. The molecule has 1 aliphatic heterocycles. The Kier molecular flexibility index (Phi) is 5.71. The van der Waals surface area contributed by atoms with Crippen LogP contribution < -0.4 is 5.32 Å². The van der Waals surface area contributed by atoms with Gasteiger partial charge in [0, 0.05) is 26.0 Å². The van der Waals surface area contributed by atoms with Crippen LogP contribution in [0, 0.1) is 0 Å². The summed E-state index contributed by atoms with van der Waals surface area (Å²) in [5.74, 6) is 1.62. The summed E-state index contributed by atoms with van der Waals surface area (Å²) >= 11 is 0. The molecule has 1 N–H and O–H groups in total. The van der Waals surface area contributed by atoms with E-state index in [1.807, 2.05) is 29.2 Å². The largest absolute Gasteiger partial charge is 0.461 e. The molecule has 0 aromatic carbocycles. The van der Waals surface area contributed by atoms with Gasteiger partial charge >= 0.3 is 6.03 Å². The Labute approximate surface area is 148 Å². The van der Waals surface area contributed by atoms with Gasteiger partial charge in [0.15, 0.2) is 0 Å². The van der Waals surface area contributed by atoms with Crippen LogP contribution in [0.3, 0.4) is 0 Å². The molecule has 0 aliphatic carbocycles. The lowest BCUT2D eigenvalue weighted by Crippen LogP contribution is -2.41. The number of ether oxygens (including phenoxy) is 1. The third-order valence-corrected chi connectivity index (χ3v) is 4.63. The molecule has 2 atom stereocenters. The van der Waals surface area contributed by atoms with Crippen molar-refractivity contribution in [3.05, 3.63) is 53.7 Å². The van der Waals surface area contributed by atoms with Crippen molar-refractivity contribution in [2.45, 2.75) is 44.9 Å². The highest BCUT2D eigenvalue weighted by Crippen LogP contribution is 2.33. The molecule has 0 saturated carbocycles. The number of hydrogen-bond acceptors (Lipinski definition) is 4. The molecular weight excluding hydrogens is 318 g/mol. The lowest BCUT2D eigenvalue weighted by atomic mass is 10.1. The number of rotatable bonds is 6. The molecule has 2 aromatic heterocycles. The van der Waals surface area contributed by atoms with E-state index in [4.69, 9.17) is 9.15 Å². The minimum absolute atomic E-state index is 0.0134. The number of methoxy groups -OCH3 is 1. The third kappa shape index (κ3) is 4.02. The number of urea groups is 1. The van der Waals surface area contributed by atoms with Crippen molar-refractivity contribution in [3.8, 4) is 0 Å². The van der Waals surface area contributed by atoms with Crippen molar-refractivity contribution < 1.29 is 13.9 Å². The second kappa shape index (κ2) is 8.16.